The molecule has 0 N–H and O–H groups in total. The number of hydrogen-bond donors (Lipinski definition) is 0. The monoisotopic (exact) mass is 456 g/mol. The standard InChI is InChI=1S/Bi.2Ca.Cu.O.Sr. The van der Waals surface area contributed by atoms with Crippen LogP contribution in [0.25, 0.3) is 0 Å². The molecule has 0 saturated carbocycles. The third-order valence-corrected chi connectivity index (χ3v) is 0. The van der Waals surface area contributed by atoms with Gasteiger partial charge in [-0.25, -0.2) is 0 Å². The molecule has 0 fully saturated rings. The minimum atomic E-state index is 0. The first-order chi connectivity index (χ1) is 1.00. The zero-order chi connectivity index (χ0) is 2.00. The minimum absolute atomic E-state index is 0. The molecule has 0 aromatic rings. The van der Waals surface area contributed by atoms with Crippen LogP contribution in [0.2, 0.25) is 0 Å². The van der Waals surface area contributed by atoms with E-state index in [1.54, 1.807) is 0 Å². The summed E-state index contributed by atoms with van der Waals surface area (Å²) in [6.07, 6.45) is 0. The van der Waals surface area contributed by atoms with E-state index in [-0.39, 0.29) is 147 Å². The molecule has 0 spiro atoms. The van der Waals surface area contributed by atoms with Crippen molar-refractivity contribution in [2.24, 2.45) is 0 Å². The summed E-state index contributed by atoms with van der Waals surface area (Å²) in [6.45, 7) is 0. The summed E-state index contributed by atoms with van der Waals surface area (Å²) in [6, 6.07) is 0. The number of hydrogen-bond acceptors (Lipinski definition) is 1. The van der Waals surface area contributed by atoms with Crippen LogP contribution >= 0.6 is 0 Å². The van der Waals surface area contributed by atoms with Gasteiger partial charge >= 0.3 is 19.8 Å². The van der Waals surface area contributed by atoms with Gasteiger partial charge in [0.2, 0.25) is 0 Å². The Kier molecular flexibility index (Phi) is 161. The summed E-state index contributed by atoms with van der Waals surface area (Å²) in [7, 11) is 0. The fraction of sp³-hybridized carbons (Fsp3) is 0. The molecule has 9 radical (unpaired) electrons. The largest absolute Gasteiger partial charge is 0 e. The van der Waals surface area contributed by atoms with E-state index in [2.05, 4.69) is 15.9 Å². The van der Waals surface area contributed by atoms with E-state index in [0.29, 0.717) is 0 Å². The Morgan fingerprint density at radius 3 is 1.00 bits per heavy atom. The summed E-state index contributed by atoms with van der Waals surface area (Å²) in [4.78, 5) is 0. The molecule has 0 amide bonds. The molecule has 0 aromatic carbocycles. The van der Waals surface area contributed by atoms with Crippen molar-refractivity contribution < 1.29 is 19.8 Å². The van der Waals surface area contributed by atoms with Gasteiger partial charge in [-0.3, -0.25) is 0 Å². The van der Waals surface area contributed by atoms with Crippen LogP contribution in [-0.2, 0) is 19.8 Å². The molecule has 0 bridgehead atoms. The Hall–Kier alpha value is 5.20. The van der Waals surface area contributed by atoms with E-state index in [0.717, 1.165) is 0 Å². The van der Waals surface area contributed by atoms with E-state index < -0.39 is 0 Å². The van der Waals surface area contributed by atoms with Gasteiger partial charge in [-0.2, -0.15) is 0 Å². The molecule has 6 heavy (non-hydrogen) atoms. The summed E-state index contributed by atoms with van der Waals surface area (Å²) in [5.41, 5.74) is 0. The molecule has 0 saturated heterocycles. The maximum absolute atomic E-state index is 7.81. The van der Waals surface area contributed by atoms with Crippen molar-refractivity contribution in [1.29, 1.82) is 0 Å². The quantitative estimate of drug-likeness (QED) is 0.400. The number of rotatable bonds is 0. The van der Waals surface area contributed by atoms with Crippen LogP contribution in [0, 0.1) is 0 Å². The van der Waals surface area contributed by atoms with Gasteiger partial charge in [-0.05, 0) is 0 Å². The molecule has 6 heteroatoms. The molecule has 0 aromatic heterocycles. The van der Waals surface area contributed by atoms with Crippen molar-refractivity contribution in [1.82, 2.24) is 0 Å². The molecular formula is BiCa2CuOSr. The van der Waals surface area contributed by atoms with Gasteiger partial charge in [-0.15, -0.1) is 0 Å². The molecule has 0 unspecified atom stereocenters. The first kappa shape index (κ1) is 30.3. The smallest absolute Gasteiger partial charge is 0 e. The first-order valence-electron chi connectivity index (χ1n) is 0.123. The van der Waals surface area contributed by atoms with Crippen molar-refractivity contribution in [3.05, 3.63) is 0 Å². The van der Waals surface area contributed by atoms with Crippen molar-refractivity contribution in [2.45, 2.75) is 0 Å². The van der Waals surface area contributed by atoms with Gasteiger partial charge in [0.15, 0.2) is 0 Å². The summed E-state index contributed by atoms with van der Waals surface area (Å²) in [5.74, 6) is 0. The minimum Gasteiger partial charge on any atom is 0 e. The predicted molar refractivity (Wildman–Crippen MR) is 23.7 cm³/mol. The normalized spacial score (nSPS) is 1.00. The summed E-state index contributed by atoms with van der Waals surface area (Å²) >= 11 is 2.94. The van der Waals surface area contributed by atoms with Crippen LogP contribution in [0.1, 0.15) is 0 Å². The second-order valence-electron chi connectivity index (χ2n) is 0. The molecule has 0 rings (SSSR count). The maximum Gasteiger partial charge on any atom is 0 e. The predicted octanol–water partition coefficient (Wildman–Crippen LogP) is -1.64. The Labute approximate surface area is 162 Å². The topological polar surface area (TPSA) is 17.1 Å². The third kappa shape index (κ3) is 22.9. The Balaban J connectivity index is -0.000000000833. The van der Waals surface area contributed by atoms with Crippen LogP contribution in [0.5, 0.6) is 0 Å². The molecular weight excluding hydrogens is 456 g/mol. The second-order valence-corrected chi connectivity index (χ2v) is 0. The van der Waals surface area contributed by atoms with E-state index in [1.165, 1.54) is 0 Å². The zero-order valence-electron chi connectivity index (χ0n) is 3.28. The van der Waals surface area contributed by atoms with Gasteiger partial charge in [0.1, 0.15) is 0 Å². The van der Waals surface area contributed by atoms with Crippen molar-refractivity contribution in [3.63, 3.8) is 0 Å². The fourth-order valence-corrected chi connectivity index (χ4v) is 0. The van der Waals surface area contributed by atoms with Crippen LogP contribution in [0.15, 0.2) is 0 Å². The van der Waals surface area contributed by atoms with Crippen molar-refractivity contribution >= 4 is 147 Å². The summed E-state index contributed by atoms with van der Waals surface area (Å²) in [5, 5.41) is 0. The van der Waals surface area contributed by atoms with Crippen molar-refractivity contribution in [3.8, 4) is 0 Å². The van der Waals surface area contributed by atoms with Crippen molar-refractivity contribution in [2.75, 3.05) is 0 Å². The first-order valence-corrected chi connectivity index (χ1v) is 0.508. The maximum atomic E-state index is 7.81. The molecule has 28 valence electrons. The van der Waals surface area contributed by atoms with E-state index in [1.807, 2.05) is 0 Å². The molecule has 0 aliphatic heterocycles. The molecule has 0 aliphatic carbocycles. The molecule has 0 aliphatic rings. The molecule has 0 atom stereocenters. The molecule has 0 heterocycles. The van der Waals surface area contributed by atoms with Crippen LogP contribution in [-0.4, -0.2) is 147 Å². The van der Waals surface area contributed by atoms with Gasteiger partial charge in [0.05, 0.1) is 0 Å². The van der Waals surface area contributed by atoms with Crippen LogP contribution < -0.4 is 0 Å². The van der Waals surface area contributed by atoms with E-state index in [4.69, 9.17) is 3.83 Å². The van der Waals surface area contributed by atoms with Gasteiger partial charge in [0, 0.05) is 147 Å². The Morgan fingerprint density at radius 1 is 1.00 bits per heavy atom. The second kappa shape index (κ2) is 31.9. The summed E-state index contributed by atoms with van der Waals surface area (Å²) < 4.78 is 7.81. The Morgan fingerprint density at radius 2 is 1.00 bits per heavy atom. The average Bonchev–Trinajstić information content (AvgIpc) is 1.00. The Bertz CT molecular complexity index is 13.5. The average molecular weight is 456 g/mol. The SMILES string of the molecule is [Bi].[Ca].[Ca].[O]=[Cu].[Sr]. The van der Waals surface area contributed by atoms with E-state index in [9.17, 15) is 0 Å². The molecule has 1 nitrogen and oxygen atoms in total. The van der Waals surface area contributed by atoms with E-state index >= 15 is 0 Å². The third-order valence-electron chi connectivity index (χ3n) is 0. The van der Waals surface area contributed by atoms with Gasteiger partial charge in [0.25, 0.3) is 0 Å². The van der Waals surface area contributed by atoms with Crippen LogP contribution in [0.3, 0.4) is 0 Å². The van der Waals surface area contributed by atoms with Gasteiger partial charge < -0.3 is 0 Å². The van der Waals surface area contributed by atoms with Gasteiger partial charge in [-0.1, -0.05) is 0 Å². The fourth-order valence-electron chi connectivity index (χ4n) is 0. The van der Waals surface area contributed by atoms with Crippen LogP contribution in [0.4, 0.5) is 0 Å². The zero-order valence-corrected chi connectivity index (χ0v) is 15.6.